The van der Waals surface area contributed by atoms with Crippen molar-refractivity contribution in [3.63, 3.8) is 0 Å². The summed E-state index contributed by atoms with van der Waals surface area (Å²) in [7, 11) is 0. The van der Waals surface area contributed by atoms with Crippen LogP contribution < -0.4 is 5.73 Å². The molecule has 5 heteroatoms. The number of rotatable bonds is 4. The van der Waals surface area contributed by atoms with Gasteiger partial charge in [0, 0.05) is 6.04 Å². The van der Waals surface area contributed by atoms with Gasteiger partial charge in [-0.25, -0.2) is 0 Å². The summed E-state index contributed by atoms with van der Waals surface area (Å²) in [6, 6.07) is 1.70. The van der Waals surface area contributed by atoms with Crippen molar-refractivity contribution >= 4 is 23.1 Å². The molecule has 1 heterocycles. The minimum Gasteiger partial charge on any atom is -0.469 e. The SMILES string of the molecule is Cc1occc1C(=O)N(CC(N)=S)C(C)C. The van der Waals surface area contributed by atoms with E-state index < -0.39 is 0 Å². The van der Waals surface area contributed by atoms with Crippen molar-refractivity contribution in [3.8, 4) is 0 Å². The van der Waals surface area contributed by atoms with Crippen LogP contribution >= 0.6 is 12.2 Å². The molecule has 0 saturated heterocycles. The highest BCUT2D eigenvalue weighted by Crippen LogP contribution is 2.13. The third-order valence-electron chi connectivity index (χ3n) is 2.30. The predicted molar refractivity (Wildman–Crippen MR) is 66.4 cm³/mol. The summed E-state index contributed by atoms with van der Waals surface area (Å²) in [5.41, 5.74) is 6.03. The van der Waals surface area contributed by atoms with Crippen LogP contribution in [0.2, 0.25) is 0 Å². The molecule has 88 valence electrons. The largest absolute Gasteiger partial charge is 0.469 e. The van der Waals surface area contributed by atoms with Crippen molar-refractivity contribution < 1.29 is 9.21 Å². The van der Waals surface area contributed by atoms with Crippen LogP contribution in [-0.2, 0) is 0 Å². The third kappa shape index (κ3) is 2.82. The molecule has 0 unspecified atom stereocenters. The smallest absolute Gasteiger partial charge is 0.258 e. The summed E-state index contributed by atoms with van der Waals surface area (Å²) >= 11 is 4.83. The molecular weight excluding hydrogens is 224 g/mol. The highest BCUT2D eigenvalue weighted by atomic mass is 32.1. The number of nitrogens with two attached hydrogens (primary N) is 1. The lowest BCUT2D eigenvalue weighted by Gasteiger charge is -2.25. The summed E-state index contributed by atoms with van der Waals surface area (Å²) < 4.78 is 5.11. The Labute approximate surface area is 100 Å². The van der Waals surface area contributed by atoms with Crippen molar-refractivity contribution in [1.82, 2.24) is 4.90 Å². The minimum atomic E-state index is -0.103. The quantitative estimate of drug-likeness (QED) is 0.814. The second kappa shape index (κ2) is 5.12. The Bertz CT molecular complexity index is 398. The van der Waals surface area contributed by atoms with Gasteiger partial charge in [-0.2, -0.15) is 0 Å². The molecule has 1 aromatic rings. The van der Waals surface area contributed by atoms with E-state index in [1.54, 1.807) is 17.9 Å². The van der Waals surface area contributed by atoms with E-state index in [4.69, 9.17) is 22.4 Å². The first kappa shape index (κ1) is 12.7. The number of thiocarbonyl (C=S) groups is 1. The maximum absolute atomic E-state index is 12.2. The maximum Gasteiger partial charge on any atom is 0.258 e. The molecule has 0 aliphatic carbocycles. The van der Waals surface area contributed by atoms with Crippen LogP contribution in [0.5, 0.6) is 0 Å². The Morgan fingerprint density at radius 3 is 2.62 bits per heavy atom. The summed E-state index contributed by atoms with van der Waals surface area (Å²) in [6.07, 6.45) is 1.50. The Balaban J connectivity index is 2.92. The van der Waals surface area contributed by atoms with Gasteiger partial charge in [-0.3, -0.25) is 4.79 Å². The van der Waals surface area contributed by atoms with E-state index in [2.05, 4.69) is 0 Å². The lowest BCUT2D eigenvalue weighted by atomic mass is 10.2. The van der Waals surface area contributed by atoms with Crippen LogP contribution in [0.4, 0.5) is 0 Å². The average molecular weight is 240 g/mol. The van der Waals surface area contributed by atoms with Crippen LogP contribution in [0, 0.1) is 6.92 Å². The van der Waals surface area contributed by atoms with Crippen LogP contribution in [-0.4, -0.2) is 28.4 Å². The lowest BCUT2D eigenvalue weighted by Crippen LogP contribution is -2.42. The van der Waals surface area contributed by atoms with E-state index in [0.29, 0.717) is 16.3 Å². The standard InChI is InChI=1S/C11H16N2O2S/c1-7(2)13(6-10(12)16)11(14)9-4-5-15-8(9)3/h4-5,7H,6H2,1-3H3,(H2,12,16). The Hall–Kier alpha value is -1.36. The van der Waals surface area contributed by atoms with E-state index in [9.17, 15) is 4.79 Å². The van der Waals surface area contributed by atoms with Gasteiger partial charge in [0.05, 0.1) is 23.4 Å². The van der Waals surface area contributed by atoms with Gasteiger partial charge in [0.1, 0.15) is 5.76 Å². The Morgan fingerprint density at radius 2 is 2.25 bits per heavy atom. The topological polar surface area (TPSA) is 59.5 Å². The zero-order valence-electron chi connectivity index (χ0n) is 9.69. The highest BCUT2D eigenvalue weighted by Gasteiger charge is 2.22. The van der Waals surface area contributed by atoms with Crippen molar-refractivity contribution in [3.05, 3.63) is 23.7 Å². The lowest BCUT2D eigenvalue weighted by molar-refractivity contribution is 0.0734. The molecule has 1 amide bonds. The van der Waals surface area contributed by atoms with E-state index in [1.807, 2.05) is 13.8 Å². The fraction of sp³-hybridized carbons (Fsp3) is 0.455. The number of aryl methyl sites for hydroxylation is 1. The van der Waals surface area contributed by atoms with Crippen LogP contribution in [0.3, 0.4) is 0 Å². The fourth-order valence-electron chi connectivity index (χ4n) is 1.42. The summed E-state index contributed by atoms with van der Waals surface area (Å²) in [6.45, 7) is 5.89. The molecule has 0 aromatic carbocycles. The molecule has 0 fully saturated rings. The van der Waals surface area contributed by atoms with Crippen molar-refractivity contribution in [2.75, 3.05) is 6.54 Å². The summed E-state index contributed by atoms with van der Waals surface area (Å²) in [5.74, 6) is 0.507. The first-order valence-electron chi connectivity index (χ1n) is 5.07. The first-order chi connectivity index (χ1) is 7.43. The molecule has 4 nitrogen and oxygen atoms in total. The molecule has 0 spiro atoms. The summed E-state index contributed by atoms with van der Waals surface area (Å²) in [4.78, 5) is 14.1. The molecule has 0 saturated carbocycles. The number of hydrogen-bond acceptors (Lipinski definition) is 3. The molecule has 0 aliphatic rings. The van der Waals surface area contributed by atoms with E-state index in [1.165, 1.54) is 6.26 Å². The highest BCUT2D eigenvalue weighted by molar-refractivity contribution is 7.80. The van der Waals surface area contributed by atoms with E-state index >= 15 is 0 Å². The van der Waals surface area contributed by atoms with Gasteiger partial charge in [0.25, 0.3) is 5.91 Å². The number of nitrogens with zero attached hydrogens (tertiary/aromatic N) is 1. The van der Waals surface area contributed by atoms with Gasteiger partial charge < -0.3 is 15.1 Å². The molecule has 0 radical (unpaired) electrons. The van der Waals surface area contributed by atoms with Gasteiger partial charge in [-0.15, -0.1) is 0 Å². The van der Waals surface area contributed by atoms with E-state index in [0.717, 1.165) is 0 Å². The summed E-state index contributed by atoms with van der Waals surface area (Å²) in [5, 5.41) is 0. The number of furan rings is 1. The van der Waals surface area contributed by atoms with Gasteiger partial charge in [-0.05, 0) is 26.8 Å². The van der Waals surface area contributed by atoms with Crippen LogP contribution in [0.1, 0.15) is 30.0 Å². The van der Waals surface area contributed by atoms with Gasteiger partial charge >= 0.3 is 0 Å². The molecule has 1 aromatic heterocycles. The van der Waals surface area contributed by atoms with Gasteiger partial charge in [0.15, 0.2) is 0 Å². The molecule has 16 heavy (non-hydrogen) atoms. The van der Waals surface area contributed by atoms with Crippen molar-refractivity contribution in [1.29, 1.82) is 0 Å². The maximum atomic E-state index is 12.2. The zero-order valence-corrected chi connectivity index (χ0v) is 10.5. The van der Waals surface area contributed by atoms with Crippen molar-refractivity contribution in [2.45, 2.75) is 26.8 Å². The average Bonchev–Trinajstić information content (AvgIpc) is 2.59. The molecular formula is C11H16N2O2S. The molecule has 0 atom stereocenters. The Morgan fingerprint density at radius 1 is 1.62 bits per heavy atom. The number of hydrogen-bond donors (Lipinski definition) is 1. The molecule has 0 bridgehead atoms. The van der Waals surface area contributed by atoms with Crippen molar-refractivity contribution in [2.24, 2.45) is 5.73 Å². The number of amides is 1. The van der Waals surface area contributed by atoms with Gasteiger partial charge in [-0.1, -0.05) is 12.2 Å². The predicted octanol–water partition coefficient (Wildman–Crippen LogP) is 1.72. The fourth-order valence-corrected chi connectivity index (χ4v) is 1.56. The zero-order chi connectivity index (χ0) is 12.3. The first-order valence-corrected chi connectivity index (χ1v) is 5.47. The van der Waals surface area contributed by atoms with Crippen LogP contribution in [0.15, 0.2) is 16.7 Å². The molecule has 1 rings (SSSR count). The third-order valence-corrected chi connectivity index (χ3v) is 2.43. The normalized spacial score (nSPS) is 10.5. The molecule has 2 N–H and O–H groups in total. The number of carbonyl (C=O) groups excluding carboxylic acids is 1. The Kier molecular flexibility index (Phi) is 4.06. The number of carbonyl (C=O) groups is 1. The van der Waals surface area contributed by atoms with Gasteiger partial charge in [0.2, 0.25) is 0 Å². The van der Waals surface area contributed by atoms with Crippen LogP contribution in [0.25, 0.3) is 0 Å². The molecule has 0 aliphatic heterocycles. The van der Waals surface area contributed by atoms with E-state index in [-0.39, 0.29) is 18.5 Å². The second-order valence-corrected chi connectivity index (χ2v) is 4.41. The minimum absolute atomic E-state index is 0.0447. The second-order valence-electron chi connectivity index (χ2n) is 3.88. The monoisotopic (exact) mass is 240 g/mol.